The summed E-state index contributed by atoms with van der Waals surface area (Å²) >= 11 is 0. The third kappa shape index (κ3) is 6.91. The van der Waals surface area contributed by atoms with Crippen LogP contribution in [-0.4, -0.2) is 51.2 Å². The summed E-state index contributed by atoms with van der Waals surface area (Å²) in [6.07, 6.45) is 9.54. The first-order chi connectivity index (χ1) is 23.3. The Hall–Kier alpha value is -4.42. The fourth-order valence-corrected chi connectivity index (χ4v) is 8.09. The van der Waals surface area contributed by atoms with Crippen LogP contribution in [0.3, 0.4) is 0 Å². The van der Waals surface area contributed by atoms with Crippen molar-refractivity contribution in [2.75, 3.05) is 6.61 Å². The largest absolute Gasteiger partial charge is 0.504 e. The molecule has 2 bridgehead atoms. The van der Waals surface area contributed by atoms with E-state index in [9.17, 15) is 20.1 Å². The maximum absolute atomic E-state index is 12.4. The van der Waals surface area contributed by atoms with Gasteiger partial charge in [-0.25, -0.2) is 0 Å². The molecule has 0 radical (unpaired) electrons. The Balaban J connectivity index is 1.20. The number of aromatic nitrogens is 1. The van der Waals surface area contributed by atoms with Crippen LogP contribution >= 0.6 is 0 Å². The van der Waals surface area contributed by atoms with Crippen molar-refractivity contribution in [1.82, 2.24) is 4.98 Å². The van der Waals surface area contributed by atoms with Gasteiger partial charge in [0.25, 0.3) is 0 Å². The van der Waals surface area contributed by atoms with E-state index in [-0.39, 0.29) is 71.5 Å². The van der Waals surface area contributed by atoms with Gasteiger partial charge in [-0.2, -0.15) is 0 Å². The number of hydrogen-bond acceptors (Lipinski definition) is 9. The molecule has 0 amide bonds. The molecule has 1 aromatic heterocycles. The Labute approximate surface area is 281 Å². The van der Waals surface area contributed by atoms with Gasteiger partial charge >= 0.3 is 5.97 Å². The van der Waals surface area contributed by atoms with Crippen LogP contribution in [0.4, 0.5) is 0 Å². The minimum Gasteiger partial charge on any atom is -0.504 e. The van der Waals surface area contributed by atoms with Gasteiger partial charge in [0.05, 0.1) is 24.7 Å². The lowest BCUT2D eigenvalue weighted by atomic mass is 9.66. The standard InChI is InChI=1S/C39H43NO8/c1-23(41)46-35-21-34(28-19-32(43)38(44)37(20-28)45-16-14-24-5-4-15-40-22-24)48-39-29(35)12-11-26-9-10-27-6-2-3-7-33(27)47-36-18-25(17-30(26)39)8-13-31(36)42/h4-5,8,13,15,18-20,22,26-27,29-30,33-35,39,42-44H,2-3,6-7,11-12,14,16-17,21H2,1H3. The number of rotatable bonds is 6. The summed E-state index contributed by atoms with van der Waals surface area (Å²) < 4.78 is 25.3. The average molecular weight is 654 g/mol. The smallest absolute Gasteiger partial charge is 0.302 e. The summed E-state index contributed by atoms with van der Waals surface area (Å²) in [6, 6.07) is 12.6. The van der Waals surface area contributed by atoms with Crippen LogP contribution in [0.15, 0.2) is 54.9 Å². The predicted octanol–water partition coefficient (Wildman–Crippen LogP) is 6.42. The number of benzene rings is 2. The lowest BCUT2D eigenvalue weighted by Crippen LogP contribution is -2.51. The third-order valence-electron chi connectivity index (χ3n) is 10.5. The maximum Gasteiger partial charge on any atom is 0.302 e. The first kappa shape index (κ1) is 32.1. The normalized spacial score (nSPS) is 29.3. The second-order valence-electron chi connectivity index (χ2n) is 13.7. The van der Waals surface area contributed by atoms with E-state index in [2.05, 4.69) is 16.8 Å². The molecule has 4 aliphatic rings. The van der Waals surface area contributed by atoms with Crippen molar-refractivity contribution in [2.24, 2.45) is 23.7 Å². The molecule has 8 atom stereocenters. The van der Waals surface area contributed by atoms with Crippen LogP contribution in [-0.2, 0) is 27.1 Å². The van der Waals surface area contributed by atoms with E-state index in [0.717, 1.165) is 49.7 Å². The SMILES string of the molecule is CC(=O)OC1CC(c2cc(O)c(O)c(OCCc3cccnc3)c2)OC2C3Cc4ccc(O)c(c4)OC4CCCCC4C#CC3CCC12. The summed E-state index contributed by atoms with van der Waals surface area (Å²) in [4.78, 5) is 16.5. The van der Waals surface area contributed by atoms with Gasteiger partial charge < -0.3 is 34.3 Å². The van der Waals surface area contributed by atoms with Crippen molar-refractivity contribution in [2.45, 2.75) is 89.1 Å². The third-order valence-corrected chi connectivity index (χ3v) is 10.5. The molecule has 9 heteroatoms. The highest BCUT2D eigenvalue weighted by Gasteiger charge is 2.49. The van der Waals surface area contributed by atoms with Gasteiger partial charge in [-0.15, -0.1) is 0 Å². The highest BCUT2D eigenvalue weighted by atomic mass is 16.6. The molecular weight excluding hydrogens is 610 g/mol. The number of aromatic hydroxyl groups is 3. The summed E-state index contributed by atoms with van der Waals surface area (Å²) in [5.74, 6) is 7.15. The molecule has 3 heterocycles. The molecule has 0 spiro atoms. The molecule has 2 aromatic carbocycles. The zero-order valence-electron chi connectivity index (χ0n) is 27.2. The van der Waals surface area contributed by atoms with Crippen LogP contribution in [0, 0.1) is 35.5 Å². The second kappa shape index (κ2) is 14.0. The summed E-state index contributed by atoms with van der Waals surface area (Å²) in [7, 11) is 0. The Morgan fingerprint density at radius 2 is 1.83 bits per heavy atom. The van der Waals surface area contributed by atoms with Crippen molar-refractivity contribution in [3.8, 4) is 40.6 Å². The monoisotopic (exact) mass is 653 g/mol. The summed E-state index contributed by atoms with van der Waals surface area (Å²) in [5, 5.41) is 32.2. The van der Waals surface area contributed by atoms with Crippen LogP contribution in [0.1, 0.15) is 74.7 Å². The Bertz CT molecular complexity index is 1680. The lowest BCUT2D eigenvalue weighted by Gasteiger charge is -2.49. The highest BCUT2D eigenvalue weighted by molar-refractivity contribution is 5.66. The van der Waals surface area contributed by atoms with Gasteiger partial charge in [0.1, 0.15) is 12.2 Å². The van der Waals surface area contributed by atoms with Gasteiger partial charge in [0.2, 0.25) is 5.75 Å². The molecule has 3 fully saturated rings. The molecule has 48 heavy (non-hydrogen) atoms. The molecule has 8 unspecified atom stereocenters. The van der Waals surface area contributed by atoms with Gasteiger partial charge in [-0.05, 0) is 85.5 Å². The Morgan fingerprint density at radius 1 is 0.979 bits per heavy atom. The van der Waals surface area contributed by atoms with E-state index in [1.54, 1.807) is 24.5 Å². The number of ether oxygens (including phenoxy) is 4. The zero-order valence-corrected chi connectivity index (χ0v) is 27.2. The number of phenols is 3. The molecule has 2 saturated carbocycles. The van der Waals surface area contributed by atoms with Crippen molar-refractivity contribution in [3.63, 3.8) is 0 Å². The minimum atomic E-state index is -0.533. The lowest BCUT2D eigenvalue weighted by molar-refractivity contribution is -0.196. The molecule has 2 aliphatic heterocycles. The minimum absolute atomic E-state index is 0.0180. The zero-order chi connectivity index (χ0) is 33.2. The summed E-state index contributed by atoms with van der Waals surface area (Å²) in [6.45, 7) is 1.71. The van der Waals surface area contributed by atoms with Crippen molar-refractivity contribution in [1.29, 1.82) is 0 Å². The first-order valence-corrected chi connectivity index (χ1v) is 17.2. The van der Waals surface area contributed by atoms with E-state index < -0.39 is 12.2 Å². The number of phenolic OH excluding ortho intramolecular Hbond substituents is 3. The predicted molar refractivity (Wildman–Crippen MR) is 177 cm³/mol. The van der Waals surface area contributed by atoms with Gasteiger partial charge in [-0.1, -0.05) is 30.4 Å². The summed E-state index contributed by atoms with van der Waals surface area (Å²) in [5.41, 5.74) is 2.65. The molecule has 252 valence electrons. The number of hydrogen-bond donors (Lipinski definition) is 3. The number of esters is 1. The molecule has 1 saturated heterocycles. The van der Waals surface area contributed by atoms with E-state index in [0.29, 0.717) is 30.6 Å². The van der Waals surface area contributed by atoms with E-state index in [1.807, 2.05) is 24.3 Å². The van der Waals surface area contributed by atoms with Crippen molar-refractivity contribution < 1.29 is 39.1 Å². The molecule has 9 nitrogen and oxygen atoms in total. The molecule has 3 aromatic rings. The van der Waals surface area contributed by atoms with Crippen molar-refractivity contribution >= 4 is 5.97 Å². The maximum atomic E-state index is 12.4. The fourth-order valence-electron chi connectivity index (χ4n) is 8.09. The van der Waals surface area contributed by atoms with Crippen LogP contribution in [0.25, 0.3) is 0 Å². The fraction of sp³-hybridized carbons (Fsp3) is 0.487. The Morgan fingerprint density at radius 3 is 2.67 bits per heavy atom. The van der Waals surface area contributed by atoms with Crippen LogP contribution < -0.4 is 9.47 Å². The van der Waals surface area contributed by atoms with E-state index >= 15 is 0 Å². The topological polar surface area (TPSA) is 128 Å². The number of fused-ring (bicyclic) bond motifs is 6. The van der Waals surface area contributed by atoms with E-state index in [1.165, 1.54) is 13.0 Å². The van der Waals surface area contributed by atoms with Crippen LogP contribution in [0.5, 0.6) is 28.7 Å². The molecule has 3 N–H and O–H groups in total. The Kier molecular flexibility index (Phi) is 9.36. The first-order valence-electron chi connectivity index (χ1n) is 17.2. The number of carbonyl (C=O) groups is 1. The molecular formula is C39H43NO8. The van der Waals surface area contributed by atoms with Crippen molar-refractivity contribution in [3.05, 3.63) is 71.5 Å². The quantitative estimate of drug-likeness (QED) is 0.157. The average Bonchev–Trinajstić information content (AvgIpc) is 3.10. The number of carbonyl (C=O) groups excluding carboxylic acids is 1. The van der Waals surface area contributed by atoms with E-state index in [4.69, 9.17) is 18.9 Å². The van der Waals surface area contributed by atoms with Gasteiger partial charge in [0, 0.05) is 49.9 Å². The van der Waals surface area contributed by atoms with Crippen LogP contribution in [0.2, 0.25) is 0 Å². The highest BCUT2D eigenvalue weighted by Crippen LogP contribution is 2.50. The molecule has 2 aliphatic carbocycles. The number of nitrogens with zero attached hydrogens (tertiary/aromatic N) is 1. The van der Waals surface area contributed by atoms with Gasteiger partial charge in [0.15, 0.2) is 23.0 Å². The molecule has 7 rings (SSSR count). The van der Waals surface area contributed by atoms with Gasteiger partial charge in [-0.3, -0.25) is 9.78 Å². The second-order valence-corrected chi connectivity index (χ2v) is 13.7. The number of pyridine rings is 1.